The van der Waals surface area contributed by atoms with Gasteiger partial charge in [-0.25, -0.2) is 0 Å². The van der Waals surface area contributed by atoms with Gasteiger partial charge in [0.2, 0.25) is 0 Å². The van der Waals surface area contributed by atoms with E-state index in [1.54, 1.807) is 0 Å². The summed E-state index contributed by atoms with van der Waals surface area (Å²) in [6.07, 6.45) is 5.08. The highest BCUT2D eigenvalue weighted by molar-refractivity contribution is 5.85. The maximum atomic E-state index is 11.4. The van der Waals surface area contributed by atoms with Crippen molar-refractivity contribution in [1.29, 1.82) is 0 Å². The zero-order chi connectivity index (χ0) is 9.26. The summed E-state index contributed by atoms with van der Waals surface area (Å²) in [7, 11) is 1.47. The first-order chi connectivity index (χ1) is 6.33. The molecule has 3 atom stereocenters. The highest BCUT2D eigenvalue weighted by Crippen LogP contribution is 2.36. The zero-order valence-corrected chi connectivity index (χ0v) is 9.31. The van der Waals surface area contributed by atoms with Crippen LogP contribution in [0.3, 0.4) is 0 Å². The first-order valence-electron chi connectivity index (χ1n) is 5.14. The van der Waals surface area contributed by atoms with Gasteiger partial charge in [-0.15, -0.1) is 12.4 Å². The molecule has 0 aromatic heterocycles. The lowest BCUT2D eigenvalue weighted by atomic mass is 9.78. The van der Waals surface area contributed by atoms with Gasteiger partial charge in [-0.2, -0.15) is 0 Å². The van der Waals surface area contributed by atoms with E-state index in [2.05, 4.69) is 5.32 Å². The van der Waals surface area contributed by atoms with Gasteiger partial charge in [-0.3, -0.25) is 4.79 Å². The monoisotopic (exact) mass is 219 g/mol. The quantitative estimate of drug-likeness (QED) is 0.677. The van der Waals surface area contributed by atoms with Gasteiger partial charge in [0, 0.05) is 0 Å². The molecule has 0 aromatic rings. The SMILES string of the molecule is COC(=O)[C@H]1NC[C@@H]2CCCC[C@@H]21.Cl. The maximum Gasteiger partial charge on any atom is 0.323 e. The van der Waals surface area contributed by atoms with E-state index in [-0.39, 0.29) is 24.4 Å². The van der Waals surface area contributed by atoms with Gasteiger partial charge < -0.3 is 10.1 Å². The number of nitrogens with one attached hydrogen (secondary N) is 1. The van der Waals surface area contributed by atoms with Crippen LogP contribution in [0.4, 0.5) is 0 Å². The molecule has 1 heterocycles. The Labute approximate surface area is 91.0 Å². The van der Waals surface area contributed by atoms with Crippen LogP contribution >= 0.6 is 12.4 Å². The highest BCUT2D eigenvalue weighted by atomic mass is 35.5. The fraction of sp³-hybridized carbons (Fsp3) is 0.900. The van der Waals surface area contributed by atoms with Gasteiger partial charge in [0.15, 0.2) is 0 Å². The Balaban J connectivity index is 0.000000980. The second-order valence-corrected chi connectivity index (χ2v) is 4.12. The number of hydrogen-bond donors (Lipinski definition) is 1. The zero-order valence-electron chi connectivity index (χ0n) is 8.49. The summed E-state index contributed by atoms with van der Waals surface area (Å²) in [5.41, 5.74) is 0. The van der Waals surface area contributed by atoms with E-state index in [9.17, 15) is 4.79 Å². The lowest BCUT2D eigenvalue weighted by Crippen LogP contribution is -2.37. The standard InChI is InChI=1S/C10H17NO2.ClH/c1-13-10(12)9-8-5-3-2-4-7(8)6-11-9;/h7-9,11H,2-6H2,1H3;1H/t7-,8-,9-;/m0./s1. The van der Waals surface area contributed by atoms with Gasteiger partial charge in [0.05, 0.1) is 7.11 Å². The molecule has 4 heteroatoms. The van der Waals surface area contributed by atoms with Crippen molar-refractivity contribution in [2.75, 3.05) is 13.7 Å². The largest absolute Gasteiger partial charge is 0.468 e. The minimum Gasteiger partial charge on any atom is -0.468 e. The third kappa shape index (κ3) is 2.04. The van der Waals surface area contributed by atoms with Crippen molar-refractivity contribution in [1.82, 2.24) is 5.32 Å². The fourth-order valence-corrected chi connectivity index (χ4v) is 2.74. The number of methoxy groups -OCH3 is 1. The van der Waals surface area contributed by atoms with Crippen LogP contribution in [-0.4, -0.2) is 25.7 Å². The van der Waals surface area contributed by atoms with E-state index in [1.807, 2.05) is 0 Å². The molecule has 1 saturated carbocycles. The average molecular weight is 220 g/mol. The number of fused-ring (bicyclic) bond motifs is 1. The predicted octanol–water partition coefficient (Wildman–Crippen LogP) is 1.36. The molecule has 2 fully saturated rings. The Hall–Kier alpha value is -0.280. The molecular weight excluding hydrogens is 202 g/mol. The average Bonchev–Trinajstić information content (AvgIpc) is 2.60. The molecule has 0 unspecified atom stereocenters. The smallest absolute Gasteiger partial charge is 0.323 e. The summed E-state index contributed by atoms with van der Waals surface area (Å²) in [6.45, 7) is 1.00. The van der Waals surface area contributed by atoms with Crippen LogP contribution in [0.2, 0.25) is 0 Å². The molecule has 0 bridgehead atoms. The predicted molar refractivity (Wildman–Crippen MR) is 56.5 cm³/mol. The lowest BCUT2D eigenvalue weighted by molar-refractivity contribution is -0.144. The van der Waals surface area contributed by atoms with E-state index < -0.39 is 0 Å². The molecule has 1 saturated heterocycles. The van der Waals surface area contributed by atoms with Crippen LogP contribution in [0, 0.1) is 11.8 Å². The Kier molecular flexibility index (Phi) is 4.20. The van der Waals surface area contributed by atoms with Crippen molar-refractivity contribution in [2.24, 2.45) is 11.8 Å². The molecule has 0 radical (unpaired) electrons. The molecule has 2 rings (SSSR count). The molecule has 1 aliphatic heterocycles. The molecule has 2 aliphatic rings. The third-order valence-electron chi connectivity index (χ3n) is 3.45. The summed E-state index contributed by atoms with van der Waals surface area (Å²) in [5.74, 6) is 1.19. The van der Waals surface area contributed by atoms with Crippen LogP contribution in [0.1, 0.15) is 25.7 Å². The number of rotatable bonds is 1. The third-order valence-corrected chi connectivity index (χ3v) is 3.45. The number of hydrogen-bond acceptors (Lipinski definition) is 3. The second-order valence-electron chi connectivity index (χ2n) is 4.12. The Morgan fingerprint density at radius 3 is 2.79 bits per heavy atom. The van der Waals surface area contributed by atoms with E-state index in [4.69, 9.17) is 4.74 Å². The Morgan fingerprint density at radius 2 is 2.07 bits per heavy atom. The summed E-state index contributed by atoms with van der Waals surface area (Å²) in [5, 5.41) is 3.27. The summed E-state index contributed by atoms with van der Waals surface area (Å²) in [6, 6.07) is -0.0182. The molecule has 14 heavy (non-hydrogen) atoms. The van der Waals surface area contributed by atoms with Crippen molar-refractivity contribution in [3.8, 4) is 0 Å². The Bertz CT molecular complexity index is 210. The van der Waals surface area contributed by atoms with E-state index >= 15 is 0 Å². The minimum absolute atomic E-state index is 0. The summed E-state index contributed by atoms with van der Waals surface area (Å²) < 4.78 is 4.78. The molecule has 3 nitrogen and oxygen atoms in total. The molecular formula is C10H18ClNO2. The van der Waals surface area contributed by atoms with Gasteiger partial charge in [-0.1, -0.05) is 12.8 Å². The molecule has 0 amide bonds. The van der Waals surface area contributed by atoms with Gasteiger partial charge >= 0.3 is 5.97 Å². The number of ether oxygens (including phenoxy) is 1. The minimum atomic E-state index is -0.0746. The van der Waals surface area contributed by atoms with Crippen molar-refractivity contribution in [3.63, 3.8) is 0 Å². The summed E-state index contributed by atoms with van der Waals surface area (Å²) >= 11 is 0. The van der Waals surface area contributed by atoms with E-state index in [1.165, 1.54) is 32.8 Å². The first kappa shape index (κ1) is 11.8. The molecule has 0 spiro atoms. The van der Waals surface area contributed by atoms with Crippen molar-refractivity contribution in [3.05, 3.63) is 0 Å². The number of carbonyl (C=O) groups excluding carboxylic acids is 1. The van der Waals surface area contributed by atoms with E-state index in [0.29, 0.717) is 5.92 Å². The first-order valence-corrected chi connectivity index (χ1v) is 5.14. The van der Waals surface area contributed by atoms with E-state index in [0.717, 1.165) is 12.5 Å². The fourth-order valence-electron chi connectivity index (χ4n) is 2.74. The van der Waals surface area contributed by atoms with Crippen LogP contribution in [0.25, 0.3) is 0 Å². The second kappa shape index (κ2) is 4.99. The maximum absolute atomic E-state index is 11.4. The van der Waals surface area contributed by atoms with Gasteiger partial charge in [-0.05, 0) is 31.2 Å². The number of carbonyl (C=O) groups is 1. The Morgan fingerprint density at radius 1 is 1.36 bits per heavy atom. The van der Waals surface area contributed by atoms with Crippen LogP contribution in [-0.2, 0) is 9.53 Å². The van der Waals surface area contributed by atoms with Crippen LogP contribution in [0.15, 0.2) is 0 Å². The topological polar surface area (TPSA) is 38.3 Å². The lowest BCUT2D eigenvalue weighted by Gasteiger charge is -2.26. The van der Waals surface area contributed by atoms with Crippen LogP contribution in [0.5, 0.6) is 0 Å². The molecule has 0 aromatic carbocycles. The number of halogens is 1. The van der Waals surface area contributed by atoms with Crippen LogP contribution < -0.4 is 5.32 Å². The normalized spacial score (nSPS) is 35.6. The van der Waals surface area contributed by atoms with Crippen molar-refractivity contribution in [2.45, 2.75) is 31.7 Å². The molecule has 1 N–H and O–H groups in total. The van der Waals surface area contributed by atoms with Crippen molar-refractivity contribution < 1.29 is 9.53 Å². The summed E-state index contributed by atoms with van der Waals surface area (Å²) in [4.78, 5) is 11.4. The van der Waals surface area contributed by atoms with Gasteiger partial charge in [0.25, 0.3) is 0 Å². The number of esters is 1. The molecule has 82 valence electrons. The molecule has 1 aliphatic carbocycles. The highest BCUT2D eigenvalue weighted by Gasteiger charge is 2.41. The van der Waals surface area contributed by atoms with Gasteiger partial charge in [0.1, 0.15) is 6.04 Å². The van der Waals surface area contributed by atoms with Crippen molar-refractivity contribution >= 4 is 18.4 Å².